The van der Waals surface area contributed by atoms with Crippen LogP contribution in [0.1, 0.15) is 24.5 Å². The maximum absolute atomic E-state index is 12.1. The minimum Gasteiger partial charge on any atom is -0.490 e. The molecule has 0 unspecified atom stereocenters. The number of halogens is 3. The van der Waals surface area contributed by atoms with Crippen molar-refractivity contribution < 1.29 is 19.1 Å². The number of para-hydroxylation sites is 1. The van der Waals surface area contributed by atoms with E-state index in [1.807, 2.05) is 31.2 Å². The largest absolute Gasteiger partial charge is 0.490 e. The molecule has 2 N–H and O–H groups in total. The molecule has 2 amide bonds. The van der Waals surface area contributed by atoms with E-state index >= 15 is 0 Å². The fourth-order valence-corrected chi connectivity index (χ4v) is 3.94. The number of nitrogens with zero attached hydrogens (tertiary/aromatic N) is 1. The van der Waals surface area contributed by atoms with E-state index in [2.05, 4.69) is 47.7 Å². The van der Waals surface area contributed by atoms with E-state index in [0.717, 1.165) is 10.0 Å². The summed E-state index contributed by atoms with van der Waals surface area (Å²) in [6, 6.07) is 18.2. The maximum Gasteiger partial charge on any atom is 0.249 e. The predicted octanol–water partition coefficient (Wildman–Crippen LogP) is 6.32. The molecule has 0 spiro atoms. The van der Waals surface area contributed by atoms with Crippen LogP contribution in [0.25, 0.3) is 0 Å². The first kappa shape index (κ1) is 26.7. The molecule has 0 aliphatic carbocycles. The third kappa shape index (κ3) is 8.38. The van der Waals surface area contributed by atoms with E-state index in [-0.39, 0.29) is 0 Å². The zero-order valence-electron chi connectivity index (χ0n) is 18.7. The molecule has 3 aromatic rings. The van der Waals surface area contributed by atoms with Crippen LogP contribution in [0.2, 0.25) is 5.02 Å². The fraction of sp³-hybridized carbons (Fsp3) is 0.160. The average Bonchev–Trinajstić information content (AvgIpc) is 2.81. The van der Waals surface area contributed by atoms with Gasteiger partial charge in [0.25, 0.3) is 0 Å². The molecule has 0 saturated carbocycles. The normalized spacial score (nSPS) is 10.7. The molecule has 0 fully saturated rings. The molecule has 0 atom stereocenters. The number of benzene rings is 3. The molecule has 10 heteroatoms. The van der Waals surface area contributed by atoms with Gasteiger partial charge in [-0.2, -0.15) is 5.10 Å². The minimum absolute atomic E-state index is 0.367. The van der Waals surface area contributed by atoms with Gasteiger partial charge in [0, 0.05) is 4.47 Å². The number of carbonyl (C=O) groups is 2. The number of rotatable bonds is 10. The Balaban J connectivity index is 1.60. The molecule has 3 aromatic carbocycles. The quantitative estimate of drug-likeness (QED) is 0.157. The lowest BCUT2D eigenvalue weighted by molar-refractivity contribution is -0.126. The van der Waals surface area contributed by atoms with Crippen LogP contribution in [-0.4, -0.2) is 24.6 Å². The van der Waals surface area contributed by atoms with Crippen LogP contribution in [0, 0.1) is 0 Å². The maximum atomic E-state index is 12.1. The molecule has 0 aliphatic rings. The highest BCUT2D eigenvalue weighted by molar-refractivity contribution is 9.10. The third-order valence-electron chi connectivity index (χ3n) is 4.50. The first-order chi connectivity index (χ1) is 16.9. The predicted molar refractivity (Wildman–Crippen MR) is 144 cm³/mol. The molecule has 3 rings (SSSR count). The van der Waals surface area contributed by atoms with Crippen molar-refractivity contribution in [2.45, 2.75) is 20.0 Å². The lowest BCUT2D eigenvalue weighted by atomic mass is 10.2. The Bertz CT molecular complexity index is 1220. The highest BCUT2D eigenvalue weighted by Gasteiger charge is 2.13. The molecule has 0 saturated heterocycles. The summed E-state index contributed by atoms with van der Waals surface area (Å²) in [6.45, 7) is 2.69. The second-order valence-corrected chi connectivity index (χ2v) is 9.35. The van der Waals surface area contributed by atoms with Gasteiger partial charge in [0.15, 0.2) is 11.5 Å². The summed E-state index contributed by atoms with van der Waals surface area (Å²) in [7, 11) is 0. The molecule has 182 valence electrons. The van der Waals surface area contributed by atoms with E-state index in [9.17, 15) is 9.59 Å². The number of anilines is 1. The first-order valence-electron chi connectivity index (χ1n) is 10.6. The highest BCUT2D eigenvalue weighted by atomic mass is 79.9. The molecule has 0 heterocycles. The van der Waals surface area contributed by atoms with Crippen LogP contribution in [0.4, 0.5) is 5.69 Å². The minimum atomic E-state index is -0.565. The Labute approximate surface area is 225 Å². The second kappa shape index (κ2) is 13.3. The lowest BCUT2D eigenvalue weighted by Crippen LogP contribution is -2.24. The summed E-state index contributed by atoms with van der Waals surface area (Å²) in [5.41, 5.74) is 4.45. The summed E-state index contributed by atoms with van der Waals surface area (Å²) >= 11 is 12.9. The van der Waals surface area contributed by atoms with Crippen molar-refractivity contribution in [2.24, 2.45) is 5.10 Å². The monoisotopic (exact) mass is 621 g/mol. The third-order valence-corrected chi connectivity index (χ3v) is 5.95. The van der Waals surface area contributed by atoms with Crippen LogP contribution >= 0.6 is 43.5 Å². The van der Waals surface area contributed by atoms with Crippen LogP contribution < -0.4 is 20.2 Å². The Kier molecular flexibility index (Phi) is 10.1. The highest BCUT2D eigenvalue weighted by Crippen LogP contribution is 2.37. The summed E-state index contributed by atoms with van der Waals surface area (Å²) in [5, 5.41) is 6.92. The molecular formula is C25H22Br2ClN3O4. The number of amides is 2. The SMILES string of the molecule is CCOc1cc(C=NNC(=O)CC(=O)Nc2ccccc2Cl)cc(Br)c1OCc1ccc(Br)cc1. The number of hydrazone groups is 1. The van der Waals surface area contributed by atoms with Gasteiger partial charge in [-0.3, -0.25) is 9.59 Å². The number of carbonyl (C=O) groups excluding carboxylic acids is 2. The Morgan fingerprint density at radius 3 is 2.49 bits per heavy atom. The summed E-state index contributed by atoms with van der Waals surface area (Å²) < 4.78 is 13.4. The van der Waals surface area contributed by atoms with E-state index in [4.69, 9.17) is 21.1 Å². The van der Waals surface area contributed by atoms with Crippen molar-refractivity contribution in [1.82, 2.24) is 5.43 Å². The molecular weight excluding hydrogens is 602 g/mol. The molecule has 0 aromatic heterocycles. The van der Waals surface area contributed by atoms with Crippen molar-refractivity contribution in [2.75, 3.05) is 11.9 Å². The van der Waals surface area contributed by atoms with Crippen LogP contribution in [0.15, 0.2) is 74.7 Å². The van der Waals surface area contributed by atoms with Gasteiger partial charge in [0.1, 0.15) is 13.0 Å². The average molecular weight is 624 g/mol. The summed E-state index contributed by atoms with van der Waals surface area (Å²) in [6.07, 6.45) is 1.05. The zero-order valence-corrected chi connectivity index (χ0v) is 22.6. The summed E-state index contributed by atoms with van der Waals surface area (Å²) in [5.74, 6) is 0.0295. The standard InChI is InChI=1S/C25H22Br2ClN3O4/c1-2-34-22-12-17(11-19(27)25(22)35-15-16-7-9-18(26)10-8-16)14-29-31-24(33)13-23(32)30-21-6-4-3-5-20(21)28/h3-12,14H,2,13,15H2,1H3,(H,30,32)(H,31,33). The van der Waals surface area contributed by atoms with Crippen molar-refractivity contribution >= 4 is 67.2 Å². The van der Waals surface area contributed by atoms with Gasteiger partial charge in [0.05, 0.1) is 28.0 Å². The Hall–Kier alpha value is -2.88. The topological polar surface area (TPSA) is 89.0 Å². The molecule has 0 radical (unpaired) electrons. The van der Waals surface area contributed by atoms with Gasteiger partial charge in [-0.05, 0) is 70.4 Å². The molecule has 0 aliphatic heterocycles. The summed E-state index contributed by atoms with van der Waals surface area (Å²) in [4.78, 5) is 24.1. The van der Waals surface area contributed by atoms with Crippen molar-refractivity contribution in [3.63, 3.8) is 0 Å². The van der Waals surface area contributed by atoms with E-state index in [1.165, 1.54) is 6.21 Å². The van der Waals surface area contributed by atoms with E-state index < -0.39 is 18.2 Å². The van der Waals surface area contributed by atoms with Gasteiger partial charge >= 0.3 is 0 Å². The number of nitrogens with one attached hydrogen (secondary N) is 2. The van der Waals surface area contributed by atoms with Gasteiger partial charge in [0.2, 0.25) is 11.8 Å². The van der Waals surface area contributed by atoms with Gasteiger partial charge < -0.3 is 14.8 Å². The van der Waals surface area contributed by atoms with E-state index in [0.29, 0.717) is 45.5 Å². The van der Waals surface area contributed by atoms with Crippen LogP contribution in [0.5, 0.6) is 11.5 Å². The number of hydrogen-bond acceptors (Lipinski definition) is 5. The molecule has 7 nitrogen and oxygen atoms in total. The molecule has 0 bridgehead atoms. The number of hydrogen-bond donors (Lipinski definition) is 2. The Morgan fingerprint density at radius 2 is 1.77 bits per heavy atom. The lowest BCUT2D eigenvalue weighted by Gasteiger charge is -2.14. The van der Waals surface area contributed by atoms with Crippen molar-refractivity contribution in [3.8, 4) is 11.5 Å². The zero-order chi connectivity index (χ0) is 25.2. The van der Waals surface area contributed by atoms with E-state index in [1.54, 1.807) is 36.4 Å². The Morgan fingerprint density at radius 1 is 1.03 bits per heavy atom. The second-order valence-electron chi connectivity index (χ2n) is 7.18. The first-order valence-corrected chi connectivity index (χ1v) is 12.5. The smallest absolute Gasteiger partial charge is 0.249 e. The van der Waals surface area contributed by atoms with Crippen molar-refractivity contribution in [1.29, 1.82) is 0 Å². The van der Waals surface area contributed by atoms with Gasteiger partial charge in [-0.25, -0.2) is 5.43 Å². The number of ether oxygens (including phenoxy) is 2. The van der Waals surface area contributed by atoms with Crippen LogP contribution in [-0.2, 0) is 16.2 Å². The van der Waals surface area contributed by atoms with Crippen LogP contribution in [0.3, 0.4) is 0 Å². The fourth-order valence-electron chi connectivity index (χ4n) is 2.92. The van der Waals surface area contributed by atoms with Gasteiger partial charge in [-0.15, -0.1) is 0 Å². The van der Waals surface area contributed by atoms with Gasteiger partial charge in [-0.1, -0.05) is 51.8 Å². The molecule has 35 heavy (non-hydrogen) atoms. The van der Waals surface area contributed by atoms with Crippen molar-refractivity contribution in [3.05, 3.63) is 85.8 Å².